The average Bonchev–Trinajstić information content (AvgIpc) is 2.41. The van der Waals surface area contributed by atoms with Gasteiger partial charge in [-0.1, -0.05) is 19.1 Å². The standard InChI is InChI=1S/C15H23F2NO/c1-12(6-4-8-16)10-14(11-18-3)13(2)15(19)7-5-9-17/h4-7,12,18H,8-11H2,1-3H3/b6-4-,7-5-,14-13-. The highest BCUT2D eigenvalue weighted by Crippen LogP contribution is 2.17. The first-order valence-electron chi connectivity index (χ1n) is 6.39. The molecule has 1 N–H and O–H groups in total. The van der Waals surface area contributed by atoms with Crippen molar-refractivity contribution in [2.45, 2.75) is 20.3 Å². The number of ketones is 1. The summed E-state index contributed by atoms with van der Waals surface area (Å²) < 4.78 is 24.1. The Balaban J connectivity index is 4.90. The lowest BCUT2D eigenvalue weighted by atomic mass is 9.95. The van der Waals surface area contributed by atoms with Gasteiger partial charge in [-0.3, -0.25) is 4.79 Å². The van der Waals surface area contributed by atoms with E-state index in [0.29, 0.717) is 18.5 Å². The molecular weight excluding hydrogens is 248 g/mol. The normalized spacial score (nSPS) is 15.0. The van der Waals surface area contributed by atoms with Crippen molar-refractivity contribution in [1.82, 2.24) is 5.32 Å². The van der Waals surface area contributed by atoms with Gasteiger partial charge in [-0.05, 0) is 49.6 Å². The van der Waals surface area contributed by atoms with Crippen LogP contribution in [0, 0.1) is 5.92 Å². The molecule has 0 bridgehead atoms. The number of hydrogen-bond donors (Lipinski definition) is 1. The molecule has 0 aliphatic carbocycles. The third-order valence-corrected chi connectivity index (χ3v) is 2.77. The fourth-order valence-corrected chi connectivity index (χ4v) is 1.76. The Morgan fingerprint density at radius 1 is 1.26 bits per heavy atom. The third kappa shape index (κ3) is 7.67. The lowest BCUT2D eigenvalue weighted by molar-refractivity contribution is -0.111. The van der Waals surface area contributed by atoms with Crippen molar-refractivity contribution in [2.75, 3.05) is 26.9 Å². The van der Waals surface area contributed by atoms with Crippen LogP contribution in [-0.2, 0) is 4.79 Å². The Labute approximate surface area is 114 Å². The van der Waals surface area contributed by atoms with Crippen molar-refractivity contribution < 1.29 is 13.6 Å². The minimum Gasteiger partial charge on any atom is -0.316 e. The summed E-state index contributed by atoms with van der Waals surface area (Å²) in [4.78, 5) is 11.8. The van der Waals surface area contributed by atoms with Crippen molar-refractivity contribution in [3.05, 3.63) is 35.5 Å². The molecule has 0 spiro atoms. The molecular formula is C15H23F2NO. The van der Waals surface area contributed by atoms with Crippen LogP contribution < -0.4 is 5.32 Å². The molecule has 0 saturated carbocycles. The number of likely N-dealkylation sites (N-methyl/N-ethyl adjacent to an activating group) is 1. The maximum absolute atomic E-state index is 12.1. The average molecular weight is 271 g/mol. The molecule has 0 amide bonds. The summed E-state index contributed by atoms with van der Waals surface area (Å²) in [6.07, 6.45) is 6.41. The van der Waals surface area contributed by atoms with Crippen LogP contribution in [0.25, 0.3) is 0 Å². The highest BCUT2D eigenvalue weighted by molar-refractivity contribution is 6.04. The van der Waals surface area contributed by atoms with Crippen LogP contribution in [0.3, 0.4) is 0 Å². The van der Waals surface area contributed by atoms with Gasteiger partial charge in [0.2, 0.25) is 0 Å². The van der Waals surface area contributed by atoms with E-state index in [1.54, 1.807) is 20.0 Å². The second kappa shape index (κ2) is 10.6. The van der Waals surface area contributed by atoms with Crippen molar-refractivity contribution >= 4 is 5.78 Å². The fraction of sp³-hybridized carbons (Fsp3) is 0.533. The third-order valence-electron chi connectivity index (χ3n) is 2.77. The van der Waals surface area contributed by atoms with Crippen LogP contribution in [0.2, 0.25) is 0 Å². The van der Waals surface area contributed by atoms with Gasteiger partial charge in [0, 0.05) is 6.54 Å². The van der Waals surface area contributed by atoms with Crippen molar-refractivity contribution in [3.8, 4) is 0 Å². The molecule has 4 heteroatoms. The van der Waals surface area contributed by atoms with Crippen LogP contribution in [0.4, 0.5) is 8.78 Å². The summed E-state index contributed by atoms with van der Waals surface area (Å²) >= 11 is 0. The van der Waals surface area contributed by atoms with Crippen molar-refractivity contribution in [1.29, 1.82) is 0 Å². The molecule has 0 saturated heterocycles. The lowest BCUT2D eigenvalue weighted by Gasteiger charge is -2.13. The molecule has 19 heavy (non-hydrogen) atoms. The zero-order valence-electron chi connectivity index (χ0n) is 11.9. The Morgan fingerprint density at radius 3 is 2.42 bits per heavy atom. The first-order valence-corrected chi connectivity index (χ1v) is 6.39. The number of allylic oxidation sites excluding steroid dienone is 5. The SMILES string of the molecule is CNC/C(CC(C)/C=C\CF)=C(/C)C(=O)/C=C\CF. The number of alkyl halides is 2. The topological polar surface area (TPSA) is 29.1 Å². The van der Waals surface area contributed by atoms with E-state index in [0.717, 1.165) is 5.57 Å². The summed E-state index contributed by atoms with van der Waals surface area (Å²) in [5.41, 5.74) is 1.59. The first-order chi connectivity index (χ1) is 9.06. The zero-order chi connectivity index (χ0) is 14.7. The van der Waals surface area contributed by atoms with Gasteiger partial charge < -0.3 is 5.32 Å². The van der Waals surface area contributed by atoms with E-state index in [-0.39, 0.29) is 11.7 Å². The predicted molar refractivity (Wildman–Crippen MR) is 75.6 cm³/mol. The van der Waals surface area contributed by atoms with Gasteiger partial charge in [0.1, 0.15) is 13.3 Å². The van der Waals surface area contributed by atoms with Crippen LogP contribution in [0.15, 0.2) is 35.5 Å². The molecule has 0 aromatic carbocycles. The second-order valence-electron chi connectivity index (χ2n) is 4.44. The summed E-state index contributed by atoms with van der Waals surface area (Å²) in [6, 6.07) is 0. The molecule has 0 rings (SSSR count). The smallest absolute Gasteiger partial charge is 0.181 e. The van der Waals surface area contributed by atoms with E-state index in [1.807, 2.05) is 6.92 Å². The van der Waals surface area contributed by atoms with E-state index in [9.17, 15) is 13.6 Å². The minimum absolute atomic E-state index is 0.159. The molecule has 108 valence electrons. The highest BCUT2D eigenvalue weighted by atomic mass is 19.1. The Kier molecular flexibility index (Phi) is 9.90. The second-order valence-corrected chi connectivity index (χ2v) is 4.44. The van der Waals surface area contributed by atoms with Gasteiger partial charge in [0.15, 0.2) is 5.78 Å². The largest absolute Gasteiger partial charge is 0.316 e. The van der Waals surface area contributed by atoms with E-state index in [4.69, 9.17) is 0 Å². The van der Waals surface area contributed by atoms with E-state index in [2.05, 4.69) is 5.32 Å². The van der Waals surface area contributed by atoms with Gasteiger partial charge in [-0.15, -0.1) is 0 Å². The van der Waals surface area contributed by atoms with Gasteiger partial charge >= 0.3 is 0 Å². The molecule has 0 aromatic heterocycles. The van der Waals surface area contributed by atoms with Crippen LogP contribution in [0.5, 0.6) is 0 Å². The Morgan fingerprint density at radius 2 is 1.89 bits per heavy atom. The molecule has 0 fully saturated rings. The monoisotopic (exact) mass is 271 g/mol. The Bertz CT molecular complexity index is 359. The molecule has 1 atom stereocenters. The maximum atomic E-state index is 12.1. The molecule has 2 nitrogen and oxygen atoms in total. The summed E-state index contributed by atoms with van der Waals surface area (Å²) in [6.45, 7) is 3.18. The maximum Gasteiger partial charge on any atom is 0.181 e. The molecule has 0 aliphatic heterocycles. The summed E-state index contributed by atoms with van der Waals surface area (Å²) in [7, 11) is 1.80. The lowest BCUT2D eigenvalue weighted by Crippen LogP contribution is -2.16. The number of carbonyl (C=O) groups excluding carboxylic acids is 1. The summed E-state index contributed by atoms with van der Waals surface area (Å²) in [5, 5.41) is 3.01. The van der Waals surface area contributed by atoms with Gasteiger partial charge in [0.25, 0.3) is 0 Å². The minimum atomic E-state index is -0.643. The number of halogens is 2. The van der Waals surface area contributed by atoms with Crippen LogP contribution >= 0.6 is 0 Å². The van der Waals surface area contributed by atoms with E-state index < -0.39 is 13.3 Å². The van der Waals surface area contributed by atoms with Gasteiger partial charge in [-0.2, -0.15) is 0 Å². The van der Waals surface area contributed by atoms with E-state index in [1.165, 1.54) is 18.2 Å². The van der Waals surface area contributed by atoms with Gasteiger partial charge in [0.05, 0.1) is 0 Å². The van der Waals surface area contributed by atoms with Crippen LogP contribution in [-0.4, -0.2) is 32.7 Å². The van der Waals surface area contributed by atoms with Crippen molar-refractivity contribution in [3.63, 3.8) is 0 Å². The number of rotatable bonds is 9. The number of carbonyl (C=O) groups is 1. The zero-order valence-corrected chi connectivity index (χ0v) is 11.9. The molecule has 0 heterocycles. The number of nitrogens with one attached hydrogen (secondary N) is 1. The summed E-state index contributed by atoms with van der Waals surface area (Å²) in [5.74, 6) is -0.0171. The van der Waals surface area contributed by atoms with Gasteiger partial charge in [-0.25, -0.2) is 8.78 Å². The first kappa shape index (κ1) is 17.7. The fourth-order valence-electron chi connectivity index (χ4n) is 1.76. The van der Waals surface area contributed by atoms with E-state index >= 15 is 0 Å². The highest BCUT2D eigenvalue weighted by Gasteiger charge is 2.10. The number of hydrogen-bond acceptors (Lipinski definition) is 2. The predicted octanol–water partition coefficient (Wildman–Crippen LogP) is 3.17. The molecule has 0 radical (unpaired) electrons. The Hall–Kier alpha value is -1.29. The molecule has 1 unspecified atom stereocenters. The molecule has 0 aromatic rings. The van der Waals surface area contributed by atoms with Crippen LogP contribution in [0.1, 0.15) is 20.3 Å². The quantitative estimate of drug-likeness (QED) is 0.515. The molecule has 0 aliphatic rings. The van der Waals surface area contributed by atoms with Crippen molar-refractivity contribution in [2.24, 2.45) is 5.92 Å².